The van der Waals surface area contributed by atoms with Crippen LogP contribution in [0.5, 0.6) is 0 Å². The molecule has 0 unspecified atom stereocenters. The van der Waals surface area contributed by atoms with E-state index in [1.54, 1.807) is 0 Å². The topological polar surface area (TPSA) is 70.1 Å². The van der Waals surface area contributed by atoms with Gasteiger partial charge < -0.3 is 20.5 Å². The molecule has 0 spiro atoms. The summed E-state index contributed by atoms with van der Waals surface area (Å²) in [7, 11) is 0. The highest BCUT2D eigenvalue weighted by Crippen LogP contribution is 2.39. The summed E-state index contributed by atoms with van der Waals surface area (Å²) < 4.78 is 8.38. The Morgan fingerprint density at radius 3 is 1.85 bits per heavy atom. The van der Waals surface area contributed by atoms with Crippen molar-refractivity contribution >= 4 is 55.1 Å². The summed E-state index contributed by atoms with van der Waals surface area (Å²) in [4.78, 5) is 0. The van der Waals surface area contributed by atoms with Crippen LogP contribution in [0.3, 0.4) is 0 Å². The minimum absolute atomic E-state index is 0.718. The molecule has 0 fully saturated rings. The van der Waals surface area contributed by atoms with Crippen molar-refractivity contribution in [3.05, 3.63) is 103 Å². The quantitative estimate of drug-likeness (QED) is 0.274. The summed E-state index contributed by atoms with van der Waals surface area (Å²) in [6.07, 6.45) is 0. The van der Waals surface area contributed by atoms with Gasteiger partial charge in [0.1, 0.15) is 11.2 Å². The number of benzene rings is 5. The molecule has 0 aliphatic rings. The van der Waals surface area contributed by atoms with E-state index in [2.05, 4.69) is 77.4 Å². The van der Waals surface area contributed by atoms with Crippen LogP contribution in [-0.4, -0.2) is 4.57 Å². The van der Waals surface area contributed by atoms with Gasteiger partial charge in [-0.25, -0.2) is 0 Å². The number of furan rings is 1. The van der Waals surface area contributed by atoms with Crippen molar-refractivity contribution in [3.63, 3.8) is 0 Å². The number of anilines is 2. The number of fused-ring (bicyclic) bond motifs is 6. The molecule has 162 valence electrons. The number of nitrogens with two attached hydrogens (primary N) is 2. The lowest BCUT2D eigenvalue weighted by Crippen LogP contribution is -1.98. The molecule has 5 aromatic carbocycles. The van der Waals surface area contributed by atoms with E-state index in [1.165, 1.54) is 10.8 Å². The van der Waals surface area contributed by atoms with E-state index >= 15 is 0 Å². The third-order valence-electron chi connectivity index (χ3n) is 6.65. The zero-order valence-corrected chi connectivity index (χ0v) is 18.3. The SMILES string of the molecule is Nc1ccc(-n2c3ccccc3c3ccccc32)c(-c2ccc3oc4ccc(N)cc4c3c2)c1. The highest BCUT2D eigenvalue weighted by molar-refractivity contribution is 6.10. The largest absolute Gasteiger partial charge is 0.456 e. The highest BCUT2D eigenvalue weighted by Gasteiger charge is 2.16. The van der Waals surface area contributed by atoms with Crippen molar-refractivity contribution in [3.8, 4) is 16.8 Å². The molecule has 0 saturated carbocycles. The van der Waals surface area contributed by atoms with Gasteiger partial charge in [-0.3, -0.25) is 0 Å². The van der Waals surface area contributed by atoms with E-state index < -0.39 is 0 Å². The summed E-state index contributed by atoms with van der Waals surface area (Å²) in [6, 6.07) is 35.2. The molecular formula is C30H21N3O. The molecule has 0 saturated heterocycles. The average Bonchev–Trinajstić information content (AvgIpc) is 3.39. The van der Waals surface area contributed by atoms with Crippen LogP contribution in [0.25, 0.3) is 60.6 Å². The van der Waals surface area contributed by atoms with Crippen molar-refractivity contribution in [2.24, 2.45) is 0 Å². The van der Waals surface area contributed by atoms with Crippen LogP contribution in [0.4, 0.5) is 11.4 Å². The third-order valence-corrected chi connectivity index (χ3v) is 6.65. The monoisotopic (exact) mass is 439 g/mol. The number of nitrogens with zero attached hydrogens (tertiary/aromatic N) is 1. The standard InChI is InChI=1S/C30H21N3O/c31-19-10-12-28(33-26-7-3-1-5-21(26)22-6-2-4-8-27(22)33)23(16-19)18-9-13-29-24(15-18)25-17-20(32)11-14-30(25)34-29/h1-17H,31-32H2. The van der Waals surface area contributed by atoms with Crippen LogP contribution < -0.4 is 11.5 Å². The Balaban J connectivity index is 1.55. The van der Waals surface area contributed by atoms with Gasteiger partial charge in [0.05, 0.1) is 16.7 Å². The van der Waals surface area contributed by atoms with Gasteiger partial charge in [0.2, 0.25) is 0 Å². The molecule has 0 amide bonds. The second-order valence-electron chi connectivity index (χ2n) is 8.71. The van der Waals surface area contributed by atoms with Crippen molar-refractivity contribution in [1.29, 1.82) is 0 Å². The Kier molecular flexibility index (Phi) is 3.82. The van der Waals surface area contributed by atoms with Crippen LogP contribution in [-0.2, 0) is 0 Å². The van der Waals surface area contributed by atoms with Gasteiger partial charge in [-0.2, -0.15) is 0 Å². The van der Waals surface area contributed by atoms with Gasteiger partial charge in [0.15, 0.2) is 0 Å². The third kappa shape index (κ3) is 2.66. The fourth-order valence-corrected chi connectivity index (χ4v) is 5.12. The predicted molar refractivity (Wildman–Crippen MR) is 142 cm³/mol. The van der Waals surface area contributed by atoms with Crippen molar-refractivity contribution < 1.29 is 4.42 Å². The summed E-state index contributed by atoms with van der Waals surface area (Å²) >= 11 is 0. The Bertz CT molecular complexity index is 1840. The Hall–Kier alpha value is -4.70. The maximum Gasteiger partial charge on any atom is 0.135 e. The molecule has 0 aliphatic heterocycles. The predicted octanol–water partition coefficient (Wildman–Crippen LogP) is 7.51. The number of para-hydroxylation sites is 2. The van der Waals surface area contributed by atoms with E-state index in [1.807, 2.05) is 30.3 Å². The summed E-state index contributed by atoms with van der Waals surface area (Å²) in [5.74, 6) is 0. The first-order chi connectivity index (χ1) is 16.7. The van der Waals surface area contributed by atoms with Crippen LogP contribution in [0.1, 0.15) is 0 Å². The zero-order chi connectivity index (χ0) is 22.8. The molecule has 4 heteroatoms. The van der Waals surface area contributed by atoms with Gasteiger partial charge in [-0.05, 0) is 66.2 Å². The Morgan fingerprint density at radius 2 is 1.12 bits per heavy atom. The van der Waals surface area contributed by atoms with Crippen molar-refractivity contribution in [2.45, 2.75) is 0 Å². The molecule has 0 atom stereocenters. The molecule has 4 N–H and O–H groups in total. The summed E-state index contributed by atoms with van der Waals surface area (Å²) in [6.45, 7) is 0. The number of hydrogen-bond donors (Lipinski definition) is 2. The Morgan fingerprint density at radius 1 is 0.529 bits per heavy atom. The second-order valence-corrected chi connectivity index (χ2v) is 8.71. The summed E-state index contributed by atoms with van der Waals surface area (Å²) in [5, 5.41) is 4.51. The number of nitrogen functional groups attached to an aromatic ring is 2. The second kappa shape index (κ2) is 6.90. The fraction of sp³-hybridized carbons (Fsp3) is 0. The molecule has 7 aromatic rings. The average molecular weight is 440 g/mol. The maximum absolute atomic E-state index is 6.30. The Labute approximate surface area is 195 Å². The van der Waals surface area contributed by atoms with E-state index in [4.69, 9.17) is 15.9 Å². The van der Waals surface area contributed by atoms with Crippen LogP contribution >= 0.6 is 0 Å². The first-order valence-corrected chi connectivity index (χ1v) is 11.3. The molecule has 0 aliphatic carbocycles. The molecular weight excluding hydrogens is 418 g/mol. The minimum atomic E-state index is 0.718. The van der Waals surface area contributed by atoms with Gasteiger partial charge in [-0.1, -0.05) is 42.5 Å². The smallest absolute Gasteiger partial charge is 0.135 e. The normalized spacial score (nSPS) is 11.8. The van der Waals surface area contributed by atoms with E-state index in [0.717, 1.165) is 61.2 Å². The van der Waals surface area contributed by atoms with Crippen LogP contribution in [0.15, 0.2) is 108 Å². The lowest BCUT2D eigenvalue weighted by atomic mass is 10.00. The fourth-order valence-electron chi connectivity index (χ4n) is 5.12. The molecule has 0 bridgehead atoms. The van der Waals surface area contributed by atoms with Crippen LogP contribution in [0.2, 0.25) is 0 Å². The number of hydrogen-bond acceptors (Lipinski definition) is 3. The van der Waals surface area contributed by atoms with Gasteiger partial charge >= 0.3 is 0 Å². The molecule has 2 heterocycles. The zero-order valence-electron chi connectivity index (χ0n) is 18.3. The molecule has 34 heavy (non-hydrogen) atoms. The van der Waals surface area contributed by atoms with Gasteiger partial charge in [-0.15, -0.1) is 0 Å². The minimum Gasteiger partial charge on any atom is -0.456 e. The van der Waals surface area contributed by atoms with Crippen molar-refractivity contribution in [2.75, 3.05) is 11.5 Å². The maximum atomic E-state index is 6.30. The van der Waals surface area contributed by atoms with E-state index in [0.29, 0.717) is 0 Å². The highest BCUT2D eigenvalue weighted by atomic mass is 16.3. The van der Waals surface area contributed by atoms with Crippen LogP contribution in [0, 0.1) is 0 Å². The molecule has 4 nitrogen and oxygen atoms in total. The number of rotatable bonds is 2. The lowest BCUT2D eigenvalue weighted by Gasteiger charge is -2.15. The number of aromatic nitrogens is 1. The van der Waals surface area contributed by atoms with Crippen molar-refractivity contribution in [1.82, 2.24) is 4.57 Å². The molecule has 2 aromatic heterocycles. The molecule has 0 radical (unpaired) electrons. The first kappa shape index (κ1) is 18.8. The lowest BCUT2D eigenvalue weighted by molar-refractivity contribution is 0.669. The van der Waals surface area contributed by atoms with Gasteiger partial charge in [0.25, 0.3) is 0 Å². The summed E-state index contributed by atoms with van der Waals surface area (Å²) in [5.41, 5.74) is 21.0. The first-order valence-electron chi connectivity index (χ1n) is 11.3. The van der Waals surface area contributed by atoms with E-state index in [-0.39, 0.29) is 0 Å². The molecule has 7 rings (SSSR count). The van der Waals surface area contributed by atoms with E-state index in [9.17, 15) is 0 Å². The van der Waals surface area contributed by atoms with Gasteiger partial charge in [0, 0.05) is 38.5 Å².